The van der Waals surface area contributed by atoms with Crippen molar-refractivity contribution in [2.45, 2.75) is 44.9 Å². The molecule has 1 aromatic rings. The largest absolute Gasteiger partial charge is 0.488 e. The summed E-state index contributed by atoms with van der Waals surface area (Å²) in [7, 11) is 0. The molecule has 0 saturated carbocycles. The van der Waals surface area contributed by atoms with E-state index in [1.54, 1.807) is 12.1 Å². The van der Waals surface area contributed by atoms with E-state index >= 15 is 0 Å². The number of halogens is 1. The lowest BCUT2D eigenvalue weighted by atomic mass is 10.1. The molecule has 0 radical (unpaired) electrons. The van der Waals surface area contributed by atoms with Crippen LogP contribution in [0.2, 0.25) is 0 Å². The molecule has 2 rings (SSSR count). The van der Waals surface area contributed by atoms with E-state index in [0.29, 0.717) is 6.61 Å². The van der Waals surface area contributed by atoms with Gasteiger partial charge in [0.05, 0.1) is 12.2 Å². The molecule has 0 aliphatic carbocycles. The molecular formula is C14H20FNO2. The predicted octanol–water partition coefficient (Wildman–Crippen LogP) is 2.79. The molecule has 1 saturated heterocycles. The Kier molecular flexibility index (Phi) is 4.19. The van der Waals surface area contributed by atoms with Crippen LogP contribution in [-0.4, -0.2) is 18.8 Å². The lowest BCUT2D eigenvalue weighted by molar-refractivity contribution is 0.0256. The molecule has 2 unspecified atom stereocenters. The fraction of sp³-hybridized carbons (Fsp3) is 0.571. The van der Waals surface area contributed by atoms with Crippen molar-refractivity contribution in [3.63, 3.8) is 0 Å². The van der Waals surface area contributed by atoms with Crippen LogP contribution < -0.4 is 10.5 Å². The van der Waals surface area contributed by atoms with Crippen LogP contribution >= 0.6 is 0 Å². The van der Waals surface area contributed by atoms with Gasteiger partial charge in [-0.3, -0.25) is 0 Å². The highest BCUT2D eigenvalue weighted by atomic mass is 19.1. The van der Waals surface area contributed by atoms with Gasteiger partial charge in [-0.1, -0.05) is 6.07 Å². The smallest absolute Gasteiger partial charge is 0.165 e. The molecule has 0 amide bonds. The van der Waals surface area contributed by atoms with Crippen LogP contribution in [0.4, 0.5) is 4.39 Å². The van der Waals surface area contributed by atoms with Crippen molar-refractivity contribution in [2.24, 2.45) is 5.73 Å². The van der Waals surface area contributed by atoms with E-state index in [4.69, 9.17) is 15.2 Å². The average Bonchev–Trinajstić information content (AvgIpc) is 2.73. The highest BCUT2D eigenvalue weighted by Crippen LogP contribution is 2.24. The van der Waals surface area contributed by atoms with Gasteiger partial charge in [0.25, 0.3) is 0 Å². The summed E-state index contributed by atoms with van der Waals surface area (Å²) in [4.78, 5) is 0. The third-order valence-corrected chi connectivity index (χ3v) is 3.23. The molecule has 1 heterocycles. The minimum Gasteiger partial charge on any atom is -0.488 e. The Morgan fingerprint density at radius 3 is 2.83 bits per heavy atom. The SMILES string of the molecule is CC1CCC(COc2ccc([C@H](C)N)cc2F)O1. The second-order valence-electron chi connectivity index (χ2n) is 4.94. The molecule has 2 N–H and O–H groups in total. The number of ether oxygens (including phenoxy) is 2. The van der Waals surface area contributed by atoms with Crippen molar-refractivity contribution < 1.29 is 13.9 Å². The van der Waals surface area contributed by atoms with E-state index in [0.717, 1.165) is 18.4 Å². The van der Waals surface area contributed by atoms with Gasteiger partial charge in [-0.15, -0.1) is 0 Å². The quantitative estimate of drug-likeness (QED) is 0.897. The highest BCUT2D eigenvalue weighted by Gasteiger charge is 2.22. The van der Waals surface area contributed by atoms with Crippen molar-refractivity contribution >= 4 is 0 Å². The molecule has 0 aromatic heterocycles. The maximum atomic E-state index is 13.7. The van der Waals surface area contributed by atoms with Gasteiger partial charge in [-0.05, 0) is 44.4 Å². The fourth-order valence-corrected chi connectivity index (χ4v) is 2.11. The van der Waals surface area contributed by atoms with Gasteiger partial charge in [-0.25, -0.2) is 4.39 Å². The summed E-state index contributed by atoms with van der Waals surface area (Å²) < 4.78 is 24.8. The summed E-state index contributed by atoms with van der Waals surface area (Å²) in [5.41, 5.74) is 6.46. The van der Waals surface area contributed by atoms with Crippen molar-refractivity contribution in [1.82, 2.24) is 0 Å². The summed E-state index contributed by atoms with van der Waals surface area (Å²) in [5, 5.41) is 0. The van der Waals surface area contributed by atoms with Gasteiger partial charge in [0.15, 0.2) is 11.6 Å². The maximum Gasteiger partial charge on any atom is 0.165 e. The molecule has 0 spiro atoms. The highest BCUT2D eigenvalue weighted by molar-refractivity contribution is 5.30. The molecule has 3 atom stereocenters. The summed E-state index contributed by atoms with van der Waals surface area (Å²) in [5.74, 6) is -0.0987. The van der Waals surface area contributed by atoms with Crippen LogP contribution in [0.15, 0.2) is 18.2 Å². The third kappa shape index (κ3) is 3.21. The standard InChI is InChI=1S/C14H20FNO2/c1-9-3-5-12(18-9)8-17-14-6-4-11(10(2)16)7-13(14)15/h4,6-7,9-10,12H,3,5,8,16H2,1-2H3/t9?,10-,12?/m0/s1. The molecule has 100 valence electrons. The van der Waals surface area contributed by atoms with E-state index in [2.05, 4.69) is 0 Å². The van der Waals surface area contributed by atoms with Crippen molar-refractivity contribution in [1.29, 1.82) is 0 Å². The Labute approximate surface area is 107 Å². The molecule has 1 aliphatic heterocycles. The van der Waals surface area contributed by atoms with E-state index in [1.165, 1.54) is 6.07 Å². The first kappa shape index (κ1) is 13.3. The first-order valence-corrected chi connectivity index (χ1v) is 6.39. The van der Waals surface area contributed by atoms with Gasteiger partial charge in [0.1, 0.15) is 6.61 Å². The Balaban J connectivity index is 1.93. The molecule has 18 heavy (non-hydrogen) atoms. The molecule has 1 aromatic carbocycles. The fourth-order valence-electron chi connectivity index (χ4n) is 2.11. The second-order valence-corrected chi connectivity index (χ2v) is 4.94. The van der Waals surface area contributed by atoms with Gasteiger partial charge in [0, 0.05) is 6.04 Å². The number of nitrogens with two attached hydrogens (primary N) is 1. The summed E-state index contributed by atoms with van der Waals surface area (Å²) in [6, 6.07) is 4.68. The zero-order valence-corrected chi connectivity index (χ0v) is 10.9. The Bertz CT molecular complexity index is 409. The van der Waals surface area contributed by atoms with E-state index in [1.807, 2.05) is 13.8 Å². The van der Waals surface area contributed by atoms with Crippen molar-refractivity contribution in [3.05, 3.63) is 29.6 Å². The van der Waals surface area contributed by atoms with Gasteiger partial charge in [0.2, 0.25) is 0 Å². The van der Waals surface area contributed by atoms with Crippen LogP contribution in [0.1, 0.15) is 38.3 Å². The zero-order chi connectivity index (χ0) is 13.1. The van der Waals surface area contributed by atoms with Crippen LogP contribution in [0.3, 0.4) is 0 Å². The van der Waals surface area contributed by atoms with Gasteiger partial charge < -0.3 is 15.2 Å². The monoisotopic (exact) mass is 253 g/mol. The summed E-state index contributed by atoms with van der Waals surface area (Å²) in [6.07, 6.45) is 2.37. The van der Waals surface area contributed by atoms with Gasteiger partial charge in [-0.2, -0.15) is 0 Å². The van der Waals surface area contributed by atoms with Crippen LogP contribution in [0, 0.1) is 5.82 Å². The minimum atomic E-state index is -0.365. The first-order chi connectivity index (χ1) is 8.56. The lowest BCUT2D eigenvalue weighted by Gasteiger charge is -2.14. The minimum absolute atomic E-state index is 0.0764. The first-order valence-electron chi connectivity index (χ1n) is 6.39. The summed E-state index contributed by atoms with van der Waals surface area (Å²) in [6.45, 7) is 4.26. The average molecular weight is 253 g/mol. The lowest BCUT2D eigenvalue weighted by Crippen LogP contribution is -2.18. The Morgan fingerprint density at radius 1 is 1.50 bits per heavy atom. The second kappa shape index (κ2) is 5.67. The topological polar surface area (TPSA) is 44.5 Å². The number of hydrogen-bond acceptors (Lipinski definition) is 3. The zero-order valence-electron chi connectivity index (χ0n) is 10.9. The van der Waals surface area contributed by atoms with Crippen LogP contribution in [0.5, 0.6) is 5.75 Å². The van der Waals surface area contributed by atoms with E-state index < -0.39 is 0 Å². The number of benzene rings is 1. The van der Waals surface area contributed by atoms with Crippen LogP contribution in [-0.2, 0) is 4.74 Å². The normalized spacial score (nSPS) is 25.1. The van der Waals surface area contributed by atoms with E-state index in [9.17, 15) is 4.39 Å². The molecule has 1 fully saturated rings. The molecule has 4 heteroatoms. The van der Waals surface area contributed by atoms with Crippen LogP contribution in [0.25, 0.3) is 0 Å². The summed E-state index contributed by atoms with van der Waals surface area (Å²) >= 11 is 0. The third-order valence-electron chi connectivity index (χ3n) is 3.23. The molecule has 0 bridgehead atoms. The Hall–Kier alpha value is -1.13. The number of rotatable bonds is 4. The van der Waals surface area contributed by atoms with Crippen molar-refractivity contribution in [2.75, 3.05) is 6.61 Å². The van der Waals surface area contributed by atoms with E-state index in [-0.39, 0.29) is 29.8 Å². The Morgan fingerprint density at radius 2 is 2.28 bits per heavy atom. The van der Waals surface area contributed by atoms with Crippen molar-refractivity contribution in [3.8, 4) is 5.75 Å². The predicted molar refractivity (Wildman–Crippen MR) is 68.1 cm³/mol. The molecular weight excluding hydrogens is 233 g/mol. The number of hydrogen-bond donors (Lipinski definition) is 1. The van der Waals surface area contributed by atoms with Gasteiger partial charge >= 0.3 is 0 Å². The maximum absolute atomic E-state index is 13.7. The molecule has 1 aliphatic rings. The molecule has 3 nitrogen and oxygen atoms in total.